The average molecular weight is 291 g/mol. The molecule has 1 aliphatic carbocycles. The maximum absolute atomic E-state index is 5.81. The summed E-state index contributed by atoms with van der Waals surface area (Å²) in [6.07, 6.45) is 2.55. The van der Waals surface area contributed by atoms with Crippen molar-refractivity contribution in [3.63, 3.8) is 0 Å². The van der Waals surface area contributed by atoms with Gasteiger partial charge in [0.1, 0.15) is 5.75 Å². The molecule has 1 aliphatic heterocycles. The van der Waals surface area contributed by atoms with Crippen molar-refractivity contribution in [3.05, 3.63) is 29.8 Å². The molecule has 1 N–H and O–H groups in total. The second kappa shape index (κ2) is 5.95. The van der Waals surface area contributed by atoms with Crippen molar-refractivity contribution in [1.29, 1.82) is 0 Å². The Kier molecular flexibility index (Phi) is 4.20. The van der Waals surface area contributed by atoms with E-state index in [0.29, 0.717) is 18.6 Å². The number of nitrogens with one attached hydrogen (secondary N) is 1. The summed E-state index contributed by atoms with van der Waals surface area (Å²) >= 11 is 0. The lowest BCUT2D eigenvalue weighted by atomic mass is 9.76. The summed E-state index contributed by atoms with van der Waals surface area (Å²) in [4.78, 5) is 0. The van der Waals surface area contributed by atoms with E-state index in [0.717, 1.165) is 12.3 Å². The Labute approximate surface area is 126 Å². The quantitative estimate of drug-likeness (QED) is 0.905. The fraction of sp³-hybridized carbons (Fsp3) is 0.647. The summed E-state index contributed by atoms with van der Waals surface area (Å²) in [5, 5.41) is 3.59. The molecule has 0 bridgehead atoms. The van der Waals surface area contributed by atoms with Crippen LogP contribution in [0.1, 0.15) is 38.2 Å². The second-order valence-electron chi connectivity index (χ2n) is 6.50. The summed E-state index contributed by atoms with van der Waals surface area (Å²) in [5.41, 5.74) is 1.38. The first-order valence-corrected chi connectivity index (χ1v) is 7.75. The van der Waals surface area contributed by atoms with Gasteiger partial charge in [-0.25, -0.2) is 0 Å². The van der Waals surface area contributed by atoms with Gasteiger partial charge in [0.05, 0.1) is 19.8 Å². The zero-order chi connectivity index (χ0) is 14.9. The minimum Gasteiger partial charge on any atom is -0.497 e. The number of benzene rings is 1. The first-order chi connectivity index (χ1) is 10.1. The monoisotopic (exact) mass is 291 g/mol. The van der Waals surface area contributed by atoms with E-state index in [1.165, 1.54) is 18.4 Å². The largest absolute Gasteiger partial charge is 0.497 e. The van der Waals surface area contributed by atoms with Crippen LogP contribution in [0.4, 0.5) is 0 Å². The maximum Gasteiger partial charge on any atom is 0.163 e. The molecule has 1 atom stereocenters. The molecule has 1 unspecified atom stereocenters. The van der Waals surface area contributed by atoms with Crippen LogP contribution in [-0.4, -0.2) is 38.2 Å². The maximum atomic E-state index is 5.81. The Morgan fingerprint density at radius 3 is 2.81 bits per heavy atom. The van der Waals surface area contributed by atoms with Crippen LogP contribution in [0.3, 0.4) is 0 Å². The SMILES string of the molecule is COc1cccc(C2CC(NCC3COC(C)(C)O3)C2)c1. The molecule has 0 amide bonds. The lowest BCUT2D eigenvalue weighted by molar-refractivity contribution is -0.138. The molecule has 2 fully saturated rings. The summed E-state index contributed by atoms with van der Waals surface area (Å²) in [7, 11) is 1.72. The Hall–Kier alpha value is -1.10. The number of hydrogen-bond donors (Lipinski definition) is 1. The van der Waals surface area contributed by atoms with Crippen molar-refractivity contribution in [2.75, 3.05) is 20.3 Å². The standard InChI is InChI=1S/C17H25NO3/c1-17(2)20-11-16(21-17)10-18-14-7-13(8-14)12-5-4-6-15(9-12)19-3/h4-6,9,13-14,16,18H,7-8,10-11H2,1-3H3. The molecular formula is C17H25NO3. The molecular weight excluding hydrogens is 266 g/mol. The van der Waals surface area contributed by atoms with Crippen molar-refractivity contribution in [2.24, 2.45) is 0 Å². The Balaban J connectivity index is 1.42. The van der Waals surface area contributed by atoms with Crippen LogP contribution in [0.5, 0.6) is 5.75 Å². The first kappa shape index (κ1) is 14.8. The predicted molar refractivity (Wildman–Crippen MR) is 81.7 cm³/mol. The van der Waals surface area contributed by atoms with Gasteiger partial charge < -0.3 is 19.5 Å². The Morgan fingerprint density at radius 2 is 2.14 bits per heavy atom. The fourth-order valence-corrected chi connectivity index (χ4v) is 3.11. The van der Waals surface area contributed by atoms with Crippen LogP contribution in [0, 0.1) is 0 Å². The molecule has 1 saturated heterocycles. The van der Waals surface area contributed by atoms with Gasteiger partial charge in [0.15, 0.2) is 5.79 Å². The highest BCUT2D eigenvalue weighted by atomic mass is 16.7. The first-order valence-electron chi connectivity index (χ1n) is 7.75. The lowest BCUT2D eigenvalue weighted by Crippen LogP contribution is -2.44. The van der Waals surface area contributed by atoms with Crippen molar-refractivity contribution in [2.45, 2.75) is 50.5 Å². The van der Waals surface area contributed by atoms with Crippen LogP contribution in [0.25, 0.3) is 0 Å². The lowest BCUT2D eigenvalue weighted by Gasteiger charge is -2.37. The fourth-order valence-electron chi connectivity index (χ4n) is 3.11. The minimum atomic E-state index is -0.422. The summed E-state index contributed by atoms with van der Waals surface area (Å²) < 4.78 is 16.7. The van der Waals surface area contributed by atoms with E-state index in [4.69, 9.17) is 14.2 Å². The molecule has 0 aromatic heterocycles. The van der Waals surface area contributed by atoms with Gasteiger partial charge in [0.25, 0.3) is 0 Å². The van der Waals surface area contributed by atoms with E-state index in [9.17, 15) is 0 Å². The normalized spacial score (nSPS) is 30.9. The predicted octanol–water partition coefficient (Wildman–Crippen LogP) is 2.68. The van der Waals surface area contributed by atoms with Gasteiger partial charge in [-0.3, -0.25) is 0 Å². The minimum absolute atomic E-state index is 0.177. The Morgan fingerprint density at radius 1 is 1.33 bits per heavy atom. The third-order valence-electron chi connectivity index (χ3n) is 4.40. The van der Waals surface area contributed by atoms with E-state index in [-0.39, 0.29) is 6.10 Å². The third kappa shape index (κ3) is 3.57. The molecule has 1 aromatic carbocycles. The molecule has 1 heterocycles. The van der Waals surface area contributed by atoms with Gasteiger partial charge in [-0.2, -0.15) is 0 Å². The number of rotatable bonds is 5. The molecule has 0 spiro atoms. The van der Waals surface area contributed by atoms with Gasteiger partial charge in [-0.15, -0.1) is 0 Å². The van der Waals surface area contributed by atoms with Crippen molar-refractivity contribution < 1.29 is 14.2 Å². The van der Waals surface area contributed by atoms with Gasteiger partial charge in [0, 0.05) is 12.6 Å². The van der Waals surface area contributed by atoms with Crippen LogP contribution in [0.15, 0.2) is 24.3 Å². The van der Waals surface area contributed by atoms with Gasteiger partial charge in [-0.1, -0.05) is 12.1 Å². The smallest absolute Gasteiger partial charge is 0.163 e. The van der Waals surface area contributed by atoms with Crippen molar-refractivity contribution >= 4 is 0 Å². The third-order valence-corrected chi connectivity index (χ3v) is 4.40. The zero-order valence-corrected chi connectivity index (χ0v) is 13.1. The van der Waals surface area contributed by atoms with Crippen LogP contribution in [-0.2, 0) is 9.47 Å². The molecule has 2 aliphatic rings. The summed E-state index contributed by atoms with van der Waals surface area (Å²) in [6.45, 7) is 5.50. The van der Waals surface area contributed by atoms with Gasteiger partial charge in [-0.05, 0) is 50.3 Å². The van der Waals surface area contributed by atoms with E-state index in [2.05, 4.69) is 23.5 Å². The van der Waals surface area contributed by atoms with E-state index in [1.807, 2.05) is 19.9 Å². The summed E-state index contributed by atoms with van der Waals surface area (Å²) in [6, 6.07) is 9.00. The average Bonchev–Trinajstić information content (AvgIpc) is 2.77. The highest BCUT2D eigenvalue weighted by molar-refractivity contribution is 5.32. The molecule has 1 saturated carbocycles. The highest BCUT2D eigenvalue weighted by Gasteiger charge is 2.35. The zero-order valence-electron chi connectivity index (χ0n) is 13.1. The molecule has 4 heteroatoms. The van der Waals surface area contributed by atoms with Crippen LogP contribution >= 0.6 is 0 Å². The molecule has 0 radical (unpaired) electrons. The molecule has 1 aromatic rings. The number of methoxy groups -OCH3 is 1. The molecule has 21 heavy (non-hydrogen) atoms. The molecule has 116 valence electrons. The van der Waals surface area contributed by atoms with E-state index >= 15 is 0 Å². The van der Waals surface area contributed by atoms with Crippen molar-refractivity contribution in [3.8, 4) is 5.75 Å². The highest BCUT2D eigenvalue weighted by Crippen LogP contribution is 2.38. The van der Waals surface area contributed by atoms with Gasteiger partial charge >= 0.3 is 0 Å². The van der Waals surface area contributed by atoms with Crippen LogP contribution < -0.4 is 10.1 Å². The molecule has 4 nitrogen and oxygen atoms in total. The van der Waals surface area contributed by atoms with E-state index in [1.54, 1.807) is 7.11 Å². The Bertz CT molecular complexity index is 483. The van der Waals surface area contributed by atoms with Crippen LogP contribution in [0.2, 0.25) is 0 Å². The summed E-state index contributed by atoms with van der Waals surface area (Å²) in [5.74, 6) is 1.17. The topological polar surface area (TPSA) is 39.7 Å². The van der Waals surface area contributed by atoms with Gasteiger partial charge in [0.2, 0.25) is 0 Å². The van der Waals surface area contributed by atoms with Crippen molar-refractivity contribution in [1.82, 2.24) is 5.32 Å². The number of hydrogen-bond acceptors (Lipinski definition) is 4. The second-order valence-corrected chi connectivity index (χ2v) is 6.50. The molecule has 3 rings (SSSR count). The number of ether oxygens (including phenoxy) is 3. The van der Waals surface area contributed by atoms with E-state index < -0.39 is 5.79 Å².